The third kappa shape index (κ3) is 4.49. The van der Waals surface area contributed by atoms with Gasteiger partial charge >= 0.3 is 0 Å². The first-order valence-corrected chi connectivity index (χ1v) is 7.50. The number of ether oxygens (including phenoxy) is 1. The van der Waals surface area contributed by atoms with Gasteiger partial charge < -0.3 is 10.5 Å². The predicted molar refractivity (Wildman–Crippen MR) is 81.9 cm³/mol. The Morgan fingerprint density at radius 2 is 2.10 bits per heavy atom. The van der Waals surface area contributed by atoms with Crippen LogP contribution in [0.15, 0.2) is 42.1 Å². The summed E-state index contributed by atoms with van der Waals surface area (Å²) in [4.78, 5) is 0. The van der Waals surface area contributed by atoms with Crippen molar-refractivity contribution >= 4 is 17.7 Å². The molecule has 0 saturated carbocycles. The Morgan fingerprint density at radius 3 is 2.81 bits per heavy atom. The van der Waals surface area contributed by atoms with Crippen molar-refractivity contribution < 1.29 is 9.13 Å². The van der Waals surface area contributed by atoms with Crippen LogP contribution >= 0.6 is 11.8 Å². The van der Waals surface area contributed by atoms with E-state index in [4.69, 9.17) is 10.5 Å². The van der Waals surface area contributed by atoms with Gasteiger partial charge in [0, 0.05) is 12.3 Å². The van der Waals surface area contributed by atoms with Crippen molar-refractivity contribution in [3.05, 3.63) is 42.7 Å². The van der Waals surface area contributed by atoms with Crippen LogP contribution in [-0.2, 0) is 6.54 Å². The minimum Gasteiger partial charge on any atom is -0.494 e. The molecule has 0 amide bonds. The van der Waals surface area contributed by atoms with Crippen molar-refractivity contribution in [1.82, 2.24) is 14.8 Å². The monoisotopic (exact) mass is 308 g/mol. The van der Waals surface area contributed by atoms with E-state index in [1.807, 2.05) is 0 Å². The van der Waals surface area contributed by atoms with Gasteiger partial charge in [0.25, 0.3) is 0 Å². The van der Waals surface area contributed by atoms with Crippen LogP contribution in [0.5, 0.6) is 5.75 Å². The topological polar surface area (TPSA) is 66.0 Å². The van der Waals surface area contributed by atoms with Gasteiger partial charge in [-0.05, 0) is 30.7 Å². The van der Waals surface area contributed by atoms with Gasteiger partial charge in [0.15, 0.2) is 5.16 Å². The van der Waals surface area contributed by atoms with E-state index >= 15 is 0 Å². The average molecular weight is 308 g/mol. The van der Waals surface area contributed by atoms with Crippen LogP contribution in [0.4, 0.5) is 10.3 Å². The Kier molecular flexibility index (Phi) is 5.62. The fourth-order valence-electron chi connectivity index (χ4n) is 1.65. The minimum atomic E-state index is -0.267. The molecule has 5 nitrogen and oxygen atoms in total. The fraction of sp³-hybridized carbons (Fsp3) is 0.286. The summed E-state index contributed by atoms with van der Waals surface area (Å²) in [5, 5.41) is 8.64. The summed E-state index contributed by atoms with van der Waals surface area (Å²) in [5.74, 6) is 1.62. The predicted octanol–water partition coefficient (Wildman–Crippen LogP) is 2.75. The molecule has 0 atom stereocenters. The number of allylic oxidation sites excluding steroid dienone is 1. The number of aromatic nitrogens is 3. The van der Waals surface area contributed by atoms with Crippen molar-refractivity contribution in [3.8, 4) is 5.75 Å². The van der Waals surface area contributed by atoms with Crippen LogP contribution in [0.2, 0.25) is 0 Å². The molecule has 21 heavy (non-hydrogen) atoms. The van der Waals surface area contributed by atoms with E-state index in [0.717, 1.165) is 17.3 Å². The van der Waals surface area contributed by atoms with E-state index in [1.54, 1.807) is 34.5 Å². The second-order valence-corrected chi connectivity index (χ2v) is 5.31. The molecule has 2 rings (SSSR count). The molecule has 1 aromatic carbocycles. The Morgan fingerprint density at radius 1 is 1.33 bits per heavy atom. The lowest BCUT2D eigenvalue weighted by molar-refractivity contribution is 0.318. The number of thioether (sulfide) groups is 1. The molecule has 2 N–H and O–H groups in total. The lowest BCUT2D eigenvalue weighted by Gasteiger charge is -2.06. The van der Waals surface area contributed by atoms with Crippen molar-refractivity contribution in [2.75, 3.05) is 18.1 Å². The number of halogens is 1. The first-order valence-electron chi connectivity index (χ1n) is 6.51. The highest BCUT2D eigenvalue weighted by atomic mass is 32.2. The smallest absolute Gasteiger partial charge is 0.222 e. The van der Waals surface area contributed by atoms with Gasteiger partial charge in [-0.1, -0.05) is 17.8 Å². The normalized spacial score (nSPS) is 10.5. The van der Waals surface area contributed by atoms with E-state index in [9.17, 15) is 4.39 Å². The van der Waals surface area contributed by atoms with Crippen LogP contribution in [0.25, 0.3) is 0 Å². The van der Waals surface area contributed by atoms with Gasteiger partial charge in [-0.3, -0.25) is 4.57 Å². The van der Waals surface area contributed by atoms with E-state index in [-0.39, 0.29) is 5.82 Å². The highest BCUT2D eigenvalue weighted by Gasteiger charge is 2.08. The number of nitrogens with zero attached hydrogens (tertiary/aromatic N) is 3. The van der Waals surface area contributed by atoms with Crippen LogP contribution in [0, 0.1) is 5.82 Å². The summed E-state index contributed by atoms with van der Waals surface area (Å²) < 4.78 is 20.1. The molecule has 7 heteroatoms. The van der Waals surface area contributed by atoms with Gasteiger partial charge in [0.1, 0.15) is 11.6 Å². The summed E-state index contributed by atoms with van der Waals surface area (Å²) in [6, 6.07) is 5.99. The second kappa shape index (κ2) is 7.68. The molecule has 0 unspecified atom stereocenters. The van der Waals surface area contributed by atoms with Crippen molar-refractivity contribution in [2.45, 2.75) is 18.1 Å². The highest BCUT2D eigenvalue weighted by molar-refractivity contribution is 7.99. The highest BCUT2D eigenvalue weighted by Crippen LogP contribution is 2.19. The summed E-state index contributed by atoms with van der Waals surface area (Å²) >= 11 is 1.57. The molecular weight excluding hydrogens is 291 g/mol. The Hall–Kier alpha value is -2.02. The summed E-state index contributed by atoms with van der Waals surface area (Å²) in [6.07, 6.45) is 2.59. The number of hydrogen-bond donors (Lipinski definition) is 1. The molecule has 0 aliphatic rings. The third-order valence-corrected chi connectivity index (χ3v) is 3.71. The maximum Gasteiger partial charge on any atom is 0.222 e. The van der Waals surface area contributed by atoms with Crippen molar-refractivity contribution in [1.29, 1.82) is 0 Å². The lowest BCUT2D eigenvalue weighted by Crippen LogP contribution is -2.04. The molecule has 0 radical (unpaired) electrons. The maximum atomic E-state index is 12.7. The fourth-order valence-corrected chi connectivity index (χ4v) is 2.52. The average Bonchev–Trinajstić information content (AvgIpc) is 2.82. The molecule has 0 spiro atoms. The zero-order valence-corrected chi connectivity index (χ0v) is 12.4. The first-order chi connectivity index (χ1) is 10.2. The van der Waals surface area contributed by atoms with E-state index in [1.165, 1.54) is 12.1 Å². The van der Waals surface area contributed by atoms with Gasteiger partial charge in [-0.15, -0.1) is 16.8 Å². The van der Waals surface area contributed by atoms with Gasteiger partial charge in [0.2, 0.25) is 5.95 Å². The maximum absolute atomic E-state index is 12.7. The van der Waals surface area contributed by atoms with Gasteiger partial charge in [-0.2, -0.15) is 0 Å². The summed E-state index contributed by atoms with van der Waals surface area (Å²) in [5.41, 5.74) is 5.72. The van der Waals surface area contributed by atoms with E-state index in [0.29, 0.717) is 24.8 Å². The zero-order chi connectivity index (χ0) is 15.1. The number of benzene rings is 1. The molecular formula is C14H17FN4OS. The zero-order valence-electron chi connectivity index (χ0n) is 11.5. The number of anilines is 1. The van der Waals surface area contributed by atoms with Crippen molar-refractivity contribution in [2.24, 2.45) is 0 Å². The van der Waals surface area contributed by atoms with Crippen LogP contribution in [0.3, 0.4) is 0 Å². The molecule has 0 saturated heterocycles. The quantitative estimate of drug-likeness (QED) is 0.461. The second-order valence-electron chi connectivity index (χ2n) is 4.24. The Labute approximate surface area is 127 Å². The molecule has 0 fully saturated rings. The largest absolute Gasteiger partial charge is 0.494 e. The van der Waals surface area contributed by atoms with Crippen molar-refractivity contribution in [3.63, 3.8) is 0 Å². The van der Waals surface area contributed by atoms with Gasteiger partial charge in [-0.25, -0.2) is 4.39 Å². The van der Waals surface area contributed by atoms with Crippen LogP contribution < -0.4 is 10.5 Å². The van der Waals surface area contributed by atoms with E-state index in [2.05, 4.69) is 16.8 Å². The number of rotatable bonds is 8. The first kappa shape index (κ1) is 15.4. The lowest BCUT2D eigenvalue weighted by atomic mass is 10.3. The molecule has 2 aromatic rings. The molecule has 1 aromatic heterocycles. The molecule has 0 bridgehead atoms. The van der Waals surface area contributed by atoms with E-state index < -0.39 is 0 Å². The number of nitrogen functional groups attached to an aromatic ring is 1. The minimum absolute atomic E-state index is 0.267. The van der Waals surface area contributed by atoms with Crippen LogP contribution in [0.1, 0.15) is 6.42 Å². The molecule has 1 heterocycles. The summed E-state index contributed by atoms with van der Waals surface area (Å²) in [7, 11) is 0. The standard InChI is InChI=1S/C14H17FN4OS/c1-2-8-19-13(16)17-18-14(19)21-10-3-9-20-12-6-4-11(15)5-7-12/h2,4-7H,1,3,8-10H2,(H2,16,17). The molecule has 112 valence electrons. The van der Waals surface area contributed by atoms with Gasteiger partial charge in [0.05, 0.1) is 6.61 Å². The third-order valence-electron chi connectivity index (χ3n) is 2.66. The SMILES string of the molecule is C=CCn1c(N)nnc1SCCCOc1ccc(F)cc1. The summed E-state index contributed by atoms with van der Waals surface area (Å²) in [6.45, 7) is 4.83. The Balaban J connectivity index is 1.72. The van der Waals surface area contributed by atoms with Crippen LogP contribution in [-0.4, -0.2) is 27.1 Å². The molecule has 0 aliphatic heterocycles. The molecule has 0 aliphatic carbocycles. The Bertz CT molecular complexity index is 585. The number of nitrogens with two attached hydrogens (primary N) is 1. The number of hydrogen-bond acceptors (Lipinski definition) is 5.